The van der Waals surface area contributed by atoms with E-state index in [2.05, 4.69) is 14.7 Å². The van der Waals surface area contributed by atoms with E-state index in [-0.39, 0.29) is 0 Å². The molecule has 1 aromatic heterocycles. The maximum Gasteiger partial charge on any atom is 0.232 e. The number of para-hydroxylation sites is 1. The van der Waals surface area contributed by atoms with Crippen LogP contribution in [-0.2, 0) is 0 Å². The van der Waals surface area contributed by atoms with Gasteiger partial charge in [-0.15, -0.1) is 5.11 Å². The molecule has 60 valence electrons. The fourth-order valence-corrected chi connectivity index (χ4v) is 1.84. The van der Waals surface area contributed by atoms with E-state index in [0.717, 1.165) is 10.2 Å². The van der Waals surface area contributed by atoms with E-state index in [4.69, 9.17) is 11.8 Å². The summed E-state index contributed by atoms with van der Waals surface area (Å²) in [6, 6.07) is 7.81. The van der Waals surface area contributed by atoms with Crippen LogP contribution in [0.1, 0.15) is 0 Å². The molecule has 2 rings (SSSR count). The summed E-state index contributed by atoms with van der Waals surface area (Å²) in [6.07, 6.45) is 0. The molecule has 5 heteroatoms. The minimum Gasteiger partial charge on any atom is -0.217 e. The van der Waals surface area contributed by atoms with Crippen LogP contribution in [0.15, 0.2) is 34.0 Å². The van der Waals surface area contributed by atoms with Crippen molar-refractivity contribution >= 4 is 38.5 Å². The Kier molecular flexibility index (Phi) is 2.01. The third-order valence-corrected chi connectivity index (χ3v) is 2.40. The van der Waals surface area contributed by atoms with Crippen LogP contribution in [0.2, 0.25) is 0 Å². The zero-order chi connectivity index (χ0) is 8.39. The summed E-state index contributed by atoms with van der Waals surface area (Å²) in [6.45, 7) is 0. The number of halogens is 1. The fourth-order valence-electron chi connectivity index (χ4n) is 0.935. The lowest BCUT2D eigenvalue weighted by atomic mass is 10.3. The Balaban J connectivity index is 2.62. The lowest BCUT2D eigenvalue weighted by Gasteiger charge is -1.80. The van der Waals surface area contributed by atoms with Crippen molar-refractivity contribution in [3.05, 3.63) is 24.3 Å². The molecule has 0 aliphatic rings. The molecule has 2 aromatic rings. The first-order chi connectivity index (χ1) is 5.90. The molecule has 0 saturated carbocycles. The predicted molar refractivity (Wildman–Crippen MR) is 50.0 cm³/mol. The molecule has 0 spiro atoms. The van der Waals surface area contributed by atoms with Gasteiger partial charge in [0.25, 0.3) is 0 Å². The zero-order valence-corrected chi connectivity index (χ0v) is 7.51. The van der Waals surface area contributed by atoms with Crippen LogP contribution in [0, 0.1) is 0 Å². The maximum atomic E-state index is 5.09. The Labute approximate surface area is 77.8 Å². The first-order valence-electron chi connectivity index (χ1n) is 3.28. The summed E-state index contributed by atoms with van der Waals surface area (Å²) in [5.74, 6) is 0. The second-order valence-corrected chi connectivity index (χ2v) is 3.30. The van der Waals surface area contributed by atoms with E-state index in [0.29, 0.717) is 5.13 Å². The number of nitrogens with zero attached hydrogens (tertiary/aromatic N) is 3. The molecule has 0 bridgehead atoms. The fraction of sp³-hybridized carbons (Fsp3) is 0. The number of benzene rings is 1. The lowest BCUT2D eigenvalue weighted by molar-refractivity contribution is 1.28. The van der Waals surface area contributed by atoms with Gasteiger partial charge >= 0.3 is 0 Å². The van der Waals surface area contributed by atoms with Crippen molar-refractivity contribution < 1.29 is 0 Å². The smallest absolute Gasteiger partial charge is 0.217 e. The van der Waals surface area contributed by atoms with Gasteiger partial charge in [0.05, 0.1) is 22.0 Å². The molecule has 1 heterocycles. The topological polar surface area (TPSA) is 37.6 Å². The maximum absolute atomic E-state index is 5.09. The summed E-state index contributed by atoms with van der Waals surface area (Å²) in [4.78, 5) is 4.18. The number of rotatable bonds is 1. The van der Waals surface area contributed by atoms with Crippen molar-refractivity contribution in [2.24, 2.45) is 9.75 Å². The van der Waals surface area contributed by atoms with Crippen molar-refractivity contribution in [2.45, 2.75) is 0 Å². The van der Waals surface area contributed by atoms with E-state index in [1.54, 1.807) is 0 Å². The van der Waals surface area contributed by atoms with Gasteiger partial charge in [-0.2, -0.15) is 0 Å². The normalized spacial score (nSPS) is 11.4. The van der Waals surface area contributed by atoms with Gasteiger partial charge < -0.3 is 0 Å². The van der Waals surface area contributed by atoms with Crippen LogP contribution >= 0.6 is 23.1 Å². The van der Waals surface area contributed by atoms with Gasteiger partial charge in [0.1, 0.15) is 0 Å². The van der Waals surface area contributed by atoms with Crippen LogP contribution in [0.25, 0.3) is 10.2 Å². The third-order valence-electron chi connectivity index (χ3n) is 1.41. The second kappa shape index (κ2) is 3.16. The molecule has 1 aromatic carbocycles. The molecule has 0 N–H and O–H groups in total. The zero-order valence-electron chi connectivity index (χ0n) is 5.94. The highest BCUT2D eigenvalue weighted by Crippen LogP contribution is 2.27. The number of hydrogen-bond acceptors (Lipinski definition) is 4. The first kappa shape index (κ1) is 7.64. The van der Waals surface area contributed by atoms with Gasteiger partial charge in [0.2, 0.25) is 5.13 Å². The van der Waals surface area contributed by atoms with E-state index in [1.165, 1.54) is 11.3 Å². The van der Waals surface area contributed by atoms with E-state index >= 15 is 0 Å². The van der Waals surface area contributed by atoms with E-state index in [9.17, 15) is 0 Å². The average molecular weight is 198 g/mol. The highest BCUT2D eigenvalue weighted by molar-refractivity contribution is 7.21. The Bertz CT molecular complexity index is 390. The number of aromatic nitrogens is 1. The quantitative estimate of drug-likeness (QED) is 0.645. The molecule has 0 unspecified atom stereocenters. The minimum atomic E-state index is 0.589. The van der Waals surface area contributed by atoms with Crippen molar-refractivity contribution in [1.82, 2.24) is 4.98 Å². The summed E-state index contributed by atoms with van der Waals surface area (Å²) < 4.78 is 4.24. The van der Waals surface area contributed by atoms with E-state index in [1.807, 2.05) is 24.3 Å². The van der Waals surface area contributed by atoms with Gasteiger partial charge in [-0.1, -0.05) is 28.1 Å². The Hall–Kier alpha value is -1.00. The predicted octanol–water partition coefficient (Wildman–Crippen LogP) is 3.53. The molecule has 3 nitrogen and oxygen atoms in total. The van der Waals surface area contributed by atoms with Crippen LogP contribution < -0.4 is 0 Å². The minimum absolute atomic E-state index is 0.589. The van der Waals surface area contributed by atoms with Gasteiger partial charge in [0, 0.05) is 0 Å². The first-order valence-corrected chi connectivity index (χ1v) is 4.43. The van der Waals surface area contributed by atoms with Crippen molar-refractivity contribution in [3.63, 3.8) is 0 Å². The highest BCUT2D eigenvalue weighted by Gasteiger charge is 1.99. The SMILES string of the molecule is ClN=Nc1nc2ccccc2s1. The Morgan fingerprint density at radius 3 is 2.92 bits per heavy atom. The molecule has 0 aliphatic carbocycles. The molecule has 0 atom stereocenters. The van der Waals surface area contributed by atoms with Gasteiger partial charge in [0.15, 0.2) is 0 Å². The average Bonchev–Trinajstić information content (AvgIpc) is 2.47. The number of thiazole rings is 1. The Morgan fingerprint density at radius 1 is 1.33 bits per heavy atom. The second-order valence-electron chi connectivity index (χ2n) is 2.14. The summed E-state index contributed by atoms with van der Waals surface area (Å²) in [7, 11) is 0. The summed E-state index contributed by atoms with van der Waals surface area (Å²) >= 11 is 6.55. The standard InChI is InChI=1S/C7H4ClN3S/c8-11-10-7-9-5-3-1-2-4-6(5)12-7/h1-4H. The highest BCUT2D eigenvalue weighted by atomic mass is 35.5. The number of hydrogen-bond donors (Lipinski definition) is 0. The molecule has 0 radical (unpaired) electrons. The number of fused-ring (bicyclic) bond motifs is 1. The molecule has 0 aliphatic heterocycles. The molecular formula is C7H4ClN3S. The van der Waals surface area contributed by atoms with Gasteiger partial charge in [-0.3, -0.25) is 0 Å². The van der Waals surface area contributed by atoms with Crippen molar-refractivity contribution in [1.29, 1.82) is 0 Å². The van der Waals surface area contributed by atoms with Crippen molar-refractivity contribution in [3.8, 4) is 0 Å². The lowest BCUT2D eigenvalue weighted by Crippen LogP contribution is -1.62. The largest absolute Gasteiger partial charge is 0.232 e. The van der Waals surface area contributed by atoms with Gasteiger partial charge in [-0.05, 0) is 12.1 Å². The summed E-state index contributed by atoms with van der Waals surface area (Å²) in [5.41, 5.74) is 0.932. The van der Waals surface area contributed by atoms with Crippen LogP contribution in [0.3, 0.4) is 0 Å². The molecule has 0 saturated heterocycles. The van der Waals surface area contributed by atoms with Crippen LogP contribution in [0.4, 0.5) is 5.13 Å². The molecular weight excluding hydrogens is 194 g/mol. The van der Waals surface area contributed by atoms with E-state index < -0.39 is 0 Å². The van der Waals surface area contributed by atoms with Gasteiger partial charge in [-0.25, -0.2) is 4.98 Å². The molecule has 0 fully saturated rings. The third kappa shape index (κ3) is 1.31. The van der Waals surface area contributed by atoms with Crippen LogP contribution in [-0.4, -0.2) is 4.98 Å². The Morgan fingerprint density at radius 2 is 2.17 bits per heavy atom. The monoisotopic (exact) mass is 197 g/mol. The molecule has 12 heavy (non-hydrogen) atoms. The van der Waals surface area contributed by atoms with Crippen molar-refractivity contribution in [2.75, 3.05) is 0 Å². The molecule has 0 amide bonds. The van der Waals surface area contributed by atoms with Crippen LogP contribution in [0.5, 0.6) is 0 Å². The summed E-state index contributed by atoms with van der Waals surface area (Å²) in [5, 5.41) is 4.23.